The number of alkyl halides is 3. The molecule has 0 radical (unpaired) electrons. The van der Waals surface area contributed by atoms with Crippen molar-refractivity contribution in [1.29, 1.82) is 0 Å². The molecule has 0 unspecified atom stereocenters. The van der Waals surface area contributed by atoms with E-state index in [2.05, 4.69) is 15.4 Å². The molecule has 0 atom stereocenters. The minimum absolute atomic E-state index is 0.213. The summed E-state index contributed by atoms with van der Waals surface area (Å²) in [5.74, 6) is -0.266. The predicted molar refractivity (Wildman–Crippen MR) is 110 cm³/mol. The normalized spacial score (nSPS) is 16.1. The Hall–Kier alpha value is -2.42. The summed E-state index contributed by atoms with van der Waals surface area (Å²) in [6.45, 7) is 4.14. The Morgan fingerprint density at radius 3 is 2.30 bits per heavy atom. The summed E-state index contributed by atoms with van der Waals surface area (Å²) < 4.78 is 37.6. The van der Waals surface area contributed by atoms with Gasteiger partial charge in [0.2, 0.25) is 0 Å². The van der Waals surface area contributed by atoms with Crippen LogP contribution in [0.2, 0.25) is 5.02 Å². The second-order valence-corrected chi connectivity index (χ2v) is 7.46. The summed E-state index contributed by atoms with van der Waals surface area (Å²) in [6.07, 6.45) is -3.05. The van der Waals surface area contributed by atoms with Gasteiger partial charge in [-0.25, -0.2) is 5.43 Å². The molecule has 0 saturated carbocycles. The molecule has 2 aromatic rings. The van der Waals surface area contributed by atoms with Crippen LogP contribution in [0.4, 0.5) is 13.2 Å². The highest BCUT2D eigenvalue weighted by Gasteiger charge is 2.29. The molecular weight excluding hydrogens is 417 g/mol. The van der Waals surface area contributed by atoms with E-state index < -0.39 is 11.7 Å². The van der Waals surface area contributed by atoms with Crippen LogP contribution in [0, 0.1) is 0 Å². The van der Waals surface area contributed by atoms with Gasteiger partial charge in [0.1, 0.15) is 0 Å². The van der Waals surface area contributed by atoms with Crippen LogP contribution in [0.3, 0.4) is 0 Å². The molecule has 30 heavy (non-hydrogen) atoms. The zero-order valence-electron chi connectivity index (χ0n) is 16.2. The summed E-state index contributed by atoms with van der Waals surface area (Å²) >= 11 is 6.21. The molecule has 2 aromatic carbocycles. The molecule has 0 spiro atoms. The van der Waals surface area contributed by atoms with E-state index >= 15 is 0 Å². The van der Waals surface area contributed by atoms with Crippen molar-refractivity contribution in [3.8, 4) is 0 Å². The maximum atomic E-state index is 12.5. The number of hydrogen-bond donors (Lipinski definition) is 1. The van der Waals surface area contributed by atoms with Crippen molar-refractivity contribution in [3.63, 3.8) is 0 Å². The van der Waals surface area contributed by atoms with Crippen LogP contribution in [0.5, 0.6) is 0 Å². The van der Waals surface area contributed by atoms with Crippen LogP contribution in [-0.2, 0) is 17.5 Å². The lowest BCUT2D eigenvalue weighted by Crippen LogP contribution is -2.48. The summed E-state index contributed by atoms with van der Waals surface area (Å²) in [5, 5.41) is 4.58. The smallest absolute Gasteiger partial charge is 0.296 e. The lowest BCUT2D eigenvalue weighted by atomic mass is 10.1. The van der Waals surface area contributed by atoms with Crippen molar-refractivity contribution >= 4 is 23.7 Å². The van der Waals surface area contributed by atoms with Crippen molar-refractivity contribution in [2.24, 2.45) is 5.10 Å². The Kier molecular flexibility index (Phi) is 7.47. The average molecular weight is 439 g/mol. The quantitative estimate of drug-likeness (QED) is 0.553. The van der Waals surface area contributed by atoms with Crippen molar-refractivity contribution in [3.05, 3.63) is 70.2 Å². The van der Waals surface area contributed by atoms with Gasteiger partial charge in [0.25, 0.3) is 5.91 Å². The number of nitrogens with one attached hydrogen (secondary N) is 1. The van der Waals surface area contributed by atoms with Gasteiger partial charge in [0, 0.05) is 37.7 Å². The van der Waals surface area contributed by atoms with Crippen LogP contribution >= 0.6 is 11.6 Å². The Morgan fingerprint density at radius 1 is 1.03 bits per heavy atom. The van der Waals surface area contributed by atoms with Gasteiger partial charge in [0.15, 0.2) is 0 Å². The first-order valence-corrected chi connectivity index (χ1v) is 9.86. The third-order valence-corrected chi connectivity index (χ3v) is 5.19. The lowest BCUT2D eigenvalue weighted by Gasteiger charge is -2.34. The Labute approximate surface area is 178 Å². The van der Waals surface area contributed by atoms with Crippen molar-refractivity contribution < 1.29 is 18.0 Å². The molecule has 1 N–H and O–H groups in total. The molecule has 0 aliphatic carbocycles. The number of hydrazone groups is 1. The third kappa shape index (κ3) is 6.55. The first kappa shape index (κ1) is 22.3. The molecule has 160 valence electrons. The summed E-state index contributed by atoms with van der Waals surface area (Å²) in [5.41, 5.74) is 3.25. The molecule has 1 fully saturated rings. The fourth-order valence-electron chi connectivity index (χ4n) is 3.15. The van der Waals surface area contributed by atoms with Crippen molar-refractivity contribution in [2.75, 3.05) is 32.7 Å². The number of carbonyl (C=O) groups excluding carboxylic acids is 1. The number of rotatable bonds is 6. The van der Waals surface area contributed by atoms with Gasteiger partial charge in [0.05, 0.1) is 18.3 Å². The standard InChI is InChI=1S/C21H22ClF3N4O/c22-19-4-2-1-3-17(19)14-28-9-11-29(12-10-28)15-20(30)27-26-13-16-5-7-18(8-6-16)21(23,24)25/h1-8,13H,9-12,14-15H2,(H,27,30). The van der Waals surface area contributed by atoms with Crippen LogP contribution in [0.1, 0.15) is 16.7 Å². The molecule has 0 bridgehead atoms. The van der Waals surface area contributed by atoms with Gasteiger partial charge < -0.3 is 0 Å². The lowest BCUT2D eigenvalue weighted by molar-refractivity contribution is -0.137. The Morgan fingerprint density at radius 2 is 1.67 bits per heavy atom. The van der Waals surface area contributed by atoms with Gasteiger partial charge in [-0.15, -0.1) is 0 Å². The first-order chi connectivity index (χ1) is 14.3. The predicted octanol–water partition coefficient (Wildman–Crippen LogP) is 3.63. The number of piperazine rings is 1. The highest BCUT2D eigenvalue weighted by atomic mass is 35.5. The van der Waals surface area contributed by atoms with Crippen molar-refractivity contribution in [2.45, 2.75) is 12.7 Å². The van der Waals surface area contributed by atoms with E-state index in [1.54, 1.807) is 0 Å². The van der Waals surface area contributed by atoms with Gasteiger partial charge in [-0.05, 0) is 29.3 Å². The summed E-state index contributed by atoms with van der Waals surface area (Å²) in [7, 11) is 0. The SMILES string of the molecule is O=C(CN1CCN(Cc2ccccc2Cl)CC1)NN=Cc1ccc(C(F)(F)F)cc1. The van der Waals surface area contributed by atoms with Crippen LogP contribution in [-0.4, -0.2) is 54.6 Å². The number of hydrogen-bond acceptors (Lipinski definition) is 4. The van der Waals surface area contributed by atoms with Crippen molar-refractivity contribution in [1.82, 2.24) is 15.2 Å². The summed E-state index contributed by atoms with van der Waals surface area (Å²) in [4.78, 5) is 16.4. The van der Waals surface area contributed by atoms with Crippen LogP contribution in [0.15, 0.2) is 53.6 Å². The molecular formula is C21H22ClF3N4O. The molecule has 1 aliphatic heterocycles. The number of nitrogens with zero attached hydrogens (tertiary/aromatic N) is 3. The average Bonchev–Trinajstić information content (AvgIpc) is 2.71. The van der Waals surface area contributed by atoms with E-state index in [-0.39, 0.29) is 12.5 Å². The largest absolute Gasteiger partial charge is 0.416 e. The molecule has 9 heteroatoms. The maximum absolute atomic E-state index is 12.5. The number of amides is 1. The van der Waals surface area contributed by atoms with Crippen LogP contribution in [0.25, 0.3) is 0 Å². The second kappa shape index (κ2) is 10.1. The van der Waals surface area contributed by atoms with Gasteiger partial charge in [-0.1, -0.05) is 41.9 Å². The van der Waals surface area contributed by atoms with Gasteiger partial charge >= 0.3 is 6.18 Å². The highest BCUT2D eigenvalue weighted by molar-refractivity contribution is 6.31. The van der Waals surface area contributed by atoms with E-state index in [1.807, 2.05) is 29.2 Å². The first-order valence-electron chi connectivity index (χ1n) is 9.48. The summed E-state index contributed by atoms with van der Waals surface area (Å²) in [6, 6.07) is 12.3. The van der Waals surface area contributed by atoms with Crippen LogP contribution < -0.4 is 5.43 Å². The van der Waals surface area contributed by atoms with E-state index in [9.17, 15) is 18.0 Å². The number of carbonyl (C=O) groups is 1. The fraction of sp³-hybridized carbons (Fsp3) is 0.333. The minimum Gasteiger partial charge on any atom is -0.296 e. The molecule has 1 saturated heterocycles. The minimum atomic E-state index is -4.37. The molecule has 0 aromatic heterocycles. The van der Waals surface area contributed by atoms with E-state index in [4.69, 9.17) is 11.6 Å². The highest BCUT2D eigenvalue weighted by Crippen LogP contribution is 2.28. The number of halogens is 4. The monoisotopic (exact) mass is 438 g/mol. The van der Waals surface area contributed by atoms with E-state index in [0.29, 0.717) is 5.56 Å². The molecule has 1 aliphatic rings. The molecule has 1 heterocycles. The fourth-order valence-corrected chi connectivity index (χ4v) is 3.34. The number of benzene rings is 2. The second-order valence-electron chi connectivity index (χ2n) is 7.06. The molecule has 5 nitrogen and oxygen atoms in total. The van der Waals surface area contributed by atoms with E-state index in [0.717, 1.165) is 55.4 Å². The van der Waals surface area contributed by atoms with Gasteiger partial charge in [-0.2, -0.15) is 18.3 Å². The maximum Gasteiger partial charge on any atom is 0.416 e. The topological polar surface area (TPSA) is 47.9 Å². The molecule has 1 amide bonds. The zero-order valence-corrected chi connectivity index (χ0v) is 17.0. The molecule has 3 rings (SSSR count). The Bertz CT molecular complexity index is 879. The third-order valence-electron chi connectivity index (χ3n) is 4.82. The van der Waals surface area contributed by atoms with Gasteiger partial charge in [-0.3, -0.25) is 14.6 Å². The zero-order chi connectivity index (χ0) is 21.6. The van der Waals surface area contributed by atoms with E-state index in [1.165, 1.54) is 18.3 Å². The Balaban J connectivity index is 1.39.